The Bertz CT molecular complexity index is 232. The Morgan fingerprint density at radius 3 is 2.69 bits per heavy atom. The lowest BCUT2D eigenvalue weighted by molar-refractivity contribution is 0.00167. The largest absolute Gasteiger partial charge is 0.388 e. The Morgan fingerprint density at radius 1 is 1.50 bits per heavy atom. The zero-order valence-corrected chi connectivity index (χ0v) is 10.5. The van der Waals surface area contributed by atoms with Gasteiger partial charge in [0.15, 0.2) is 5.96 Å². The average molecular weight is 227 g/mol. The highest BCUT2D eigenvalue weighted by Gasteiger charge is 2.31. The molecule has 0 aromatic rings. The number of hydrogen-bond donors (Lipinski definition) is 3. The molecule has 0 bridgehead atoms. The fourth-order valence-electron chi connectivity index (χ4n) is 2.00. The molecule has 1 fully saturated rings. The summed E-state index contributed by atoms with van der Waals surface area (Å²) in [6, 6.07) is 0. The summed E-state index contributed by atoms with van der Waals surface area (Å²) in [5.74, 6) is 1.19. The van der Waals surface area contributed by atoms with E-state index in [-0.39, 0.29) is 0 Å². The van der Waals surface area contributed by atoms with Crippen molar-refractivity contribution in [1.82, 2.24) is 5.32 Å². The lowest BCUT2D eigenvalue weighted by Gasteiger charge is -2.33. The first-order chi connectivity index (χ1) is 7.56. The summed E-state index contributed by atoms with van der Waals surface area (Å²) < 4.78 is 0. The zero-order valence-electron chi connectivity index (χ0n) is 10.5. The van der Waals surface area contributed by atoms with E-state index in [1.165, 1.54) is 0 Å². The third kappa shape index (κ3) is 4.39. The van der Waals surface area contributed by atoms with Gasteiger partial charge in [-0.3, -0.25) is 4.99 Å². The summed E-state index contributed by atoms with van der Waals surface area (Å²) in [5, 5.41) is 13.3. The Kier molecular flexibility index (Phi) is 5.06. The smallest absolute Gasteiger partial charge is 0.188 e. The molecule has 0 atom stereocenters. The van der Waals surface area contributed by atoms with Crippen molar-refractivity contribution in [2.45, 2.75) is 51.6 Å². The van der Waals surface area contributed by atoms with Crippen molar-refractivity contribution in [3.05, 3.63) is 0 Å². The molecule has 0 aromatic heterocycles. The molecule has 0 saturated heterocycles. The van der Waals surface area contributed by atoms with Crippen molar-refractivity contribution in [3.63, 3.8) is 0 Å². The van der Waals surface area contributed by atoms with E-state index in [0.717, 1.165) is 44.6 Å². The van der Waals surface area contributed by atoms with Crippen molar-refractivity contribution in [3.8, 4) is 0 Å². The molecule has 1 saturated carbocycles. The standard InChI is InChI=1S/C12H25N3O/c1-3-8-14-11(13)15-9-12(16)6-4-10(2)5-7-12/h10,16H,3-9H2,1-2H3,(H3,13,14,15). The zero-order chi connectivity index (χ0) is 12.0. The minimum Gasteiger partial charge on any atom is -0.388 e. The van der Waals surface area contributed by atoms with E-state index < -0.39 is 5.60 Å². The van der Waals surface area contributed by atoms with Crippen LogP contribution in [0.3, 0.4) is 0 Å². The molecule has 0 unspecified atom stereocenters. The highest BCUT2D eigenvalue weighted by atomic mass is 16.3. The van der Waals surface area contributed by atoms with Crippen LogP contribution in [0.4, 0.5) is 0 Å². The number of nitrogens with zero attached hydrogens (tertiary/aromatic N) is 1. The Morgan fingerprint density at radius 2 is 2.12 bits per heavy atom. The van der Waals surface area contributed by atoms with E-state index in [4.69, 9.17) is 5.73 Å². The number of rotatable bonds is 4. The van der Waals surface area contributed by atoms with Gasteiger partial charge in [-0.15, -0.1) is 0 Å². The Labute approximate surface area is 98.3 Å². The fraction of sp³-hybridized carbons (Fsp3) is 0.917. The Hall–Kier alpha value is -0.770. The molecule has 4 heteroatoms. The summed E-state index contributed by atoms with van der Waals surface area (Å²) in [5.41, 5.74) is 5.07. The molecule has 16 heavy (non-hydrogen) atoms. The van der Waals surface area contributed by atoms with Crippen LogP contribution in [-0.2, 0) is 0 Å². The van der Waals surface area contributed by atoms with E-state index in [1.54, 1.807) is 0 Å². The molecular weight excluding hydrogens is 202 g/mol. The van der Waals surface area contributed by atoms with E-state index in [2.05, 4.69) is 24.2 Å². The first-order valence-corrected chi connectivity index (χ1v) is 6.32. The number of aliphatic imine (C=N–C) groups is 1. The van der Waals surface area contributed by atoms with Crippen LogP contribution in [0.15, 0.2) is 4.99 Å². The van der Waals surface area contributed by atoms with Gasteiger partial charge in [0.1, 0.15) is 0 Å². The van der Waals surface area contributed by atoms with E-state index in [9.17, 15) is 5.11 Å². The minimum absolute atomic E-state index is 0.433. The van der Waals surface area contributed by atoms with Gasteiger partial charge in [-0.1, -0.05) is 13.8 Å². The first-order valence-electron chi connectivity index (χ1n) is 6.32. The van der Waals surface area contributed by atoms with Gasteiger partial charge in [0.2, 0.25) is 0 Å². The van der Waals surface area contributed by atoms with Gasteiger partial charge in [0.05, 0.1) is 12.1 Å². The lowest BCUT2D eigenvalue weighted by atomic mass is 9.80. The first kappa shape index (κ1) is 13.3. The summed E-state index contributed by atoms with van der Waals surface area (Å²) in [6.45, 7) is 5.59. The molecule has 0 heterocycles. The molecule has 94 valence electrons. The number of nitrogens with two attached hydrogens (primary N) is 1. The van der Waals surface area contributed by atoms with Crippen molar-refractivity contribution in [1.29, 1.82) is 0 Å². The molecule has 4 nitrogen and oxygen atoms in total. The summed E-state index contributed by atoms with van der Waals surface area (Å²) in [6.07, 6.45) is 4.90. The van der Waals surface area contributed by atoms with Crippen LogP contribution in [0.25, 0.3) is 0 Å². The normalized spacial score (nSPS) is 31.4. The predicted molar refractivity (Wildman–Crippen MR) is 67.4 cm³/mol. The number of aliphatic hydroxyl groups is 1. The maximum absolute atomic E-state index is 10.3. The molecule has 1 rings (SSSR count). The molecule has 4 N–H and O–H groups in total. The van der Waals surface area contributed by atoms with Crippen LogP contribution >= 0.6 is 0 Å². The van der Waals surface area contributed by atoms with Gasteiger partial charge in [-0.25, -0.2) is 0 Å². The van der Waals surface area contributed by atoms with Crippen LogP contribution < -0.4 is 11.1 Å². The lowest BCUT2D eigenvalue weighted by Crippen LogP contribution is -2.39. The second kappa shape index (κ2) is 6.09. The molecule has 0 aromatic carbocycles. The summed E-state index contributed by atoms with van der Waals surface area (Å²) >= 11 is 0. The van der Waals surface area contributed by atoms with Crippen molar-refractivity contribution in [2.24, 2.45) is 16.6 Å². The molecule has 1 aliphatic carbocycles. The molecule has 0 spiro atoms. The third-order valence-corrected chi connectivity index (χ3v) is 3.30. The molecule has 0 aliphatic heterocycles. The van der Waals surface area contributed by atoms with Gasteiger partial charge in [0, 0.05) is 6.54 Å². The summed E-state index contributed by atoms with van der Waals surface area (Å²) in [4.78, 5) is 4.22. The van der Waals surface area contributed by atoms with Gasteiger partial charge in [-0.2, -0.15) is 0 Å². The third-order valence-electron chi connectivity index (χ3n) is 3.30. The second-order valence-electron chi connectivity index (χ2n) is 5.04. The fourth-order valence-corrected chi connectivity index (χ4v) is 2.00. The van der Waals surface area contributed by atoms with Gasteiger partial charge in [-0.05, 0) is 38.0 Å². The SMILES string of the molecule is CCCNC(N)=NCC1(O)CCC(C)CC1. The van der Waals surface area contributed by atoms with Crippen LogP contribution in [-0.4, -0.2) is 29.8 Å². The van der Waals surface area contributed by atoms with Gasteiger partial charge < -0.3 is 16.2 Å². The average Bonchev–Trinajstić information content (AvgIpc) is 2.28. The number of hydrogen-bond acceptors (Lipinski definition) is 2. The number of nitrogens with one attached hydrogen (secondary N) is 1. The predicted octanol–water partition coefficient (Wildman–Crippen LogP) is 1.24. The van der Waals surface area contributed by atoms with E-state index in [1.807, 2.05) is 0 Å². The minimum atomic E-state index is -0.620. The molecule has 1 aliphatic rings. The van der Waals surface area contributed by atoms with E-state index >= 15 is 0 Å². The van der Waals surface area contributed by atoms with Crippen LogP contribution in [0, 0.1) is 5.92 Å². The second-order valence-corrected chi connectivity index (χ2v) is 5.04. The highest BCUT2D eigenvalue weighted by Crippen LogP contribution is 2.31. The topological polar surface area (TPSA) is 70.6 Å². The van der Waals surface area contributed by atoms with Crippen molar-refractivity contribution < 1.29 is 5.11 Å². The maximum atomic E-state index is 10.3. The Balaban J connectivity index is 2.35. The molecule has 0 radical (unpaired) electrons. The van der Waals surface area contributed by atoms with Crippen LogP contribution in [0.1, 0.15) is 46.0 Å². The number of guanidine groups is 1. The highest BCUT2D eigenvalue weighted by molar-refractivity contribution is 5.77. The molecular formula is C12H25N3O. The van der Waals surface area contributed by atoms with Crippen molar-refractivity contribution in [2.75, 3.05) is 13.1 Å². The van der Waals surface area contributed by atoms with Gasteiger partial charge >= 0.3 is 0 Å². The van der Waals surface area contributed by atoms with Crippen LogP contribution in [0.5, 0.6) is 0 Å². The van der Waals surface area contributed by atoms with Crippen molar-refractivity contribution >= 4 is 5.96 Å². The maximum Gasteiger partial charge on any atom is 0.188 e. The van der Waals surface area contributed by atoms with E-state index in [0.29, 0.717) is 12.5 Å². The monoisotopic (exact) mass is 227 g/mol. The quantitative estimate of drug-likeness (QED) is 0.500. The summed E-state index contributed by atoms with van der Waals surface area (Å²) in [7, 11) is 0. The molecule has 0 amide bonds. The van der Waals surface area contributed by atoms with Gasteiger partial charge in [0.25, 0.3) is 0 Å². The van der Waals surface area contributed by atoms with Crippen LogP contribution in [0.2, 0.25) is 0 Å².